The van der Waals surface area contributed by atoms with E-state index in [9.17, 15) is 43.5 Å². The Bertz CT molecular complexity index is 4360. The van der Waals surface area contributed by atoms with E-state index >= 15 is 0 Å². The molecule has 0 bridgehead atoms. The highest BCUT2D eigenvalue weighted by atomic mass is 16.6. The summed E-state index contributed by atoms with van der Waals surface area (Å²) < 4.78 is 46.3. The molecule has 26 nitrogen and oxygen atoms in total. The molecule has 1 aliphatic carbocycles. The molecule has 12 rings (SSSR count). The summed E-state index contributed by atoms with van der Waals surface area (Å²) in [5, 5.41) is 26.5. The number of benzene rings is 6. The molecule has 6 N–H and O–H groups in total. The van der Waals surface area contributed by atoms with Crippen molar-refractivity contribution in [3.63, 3.8) is 0 Å². The van der Waals surface area contributed by atoms with Crippen molar-refractivity contribution in [2.75, 3.05) is 101 Å². The number of aliphatic hydroxyl groups is 1. The molecule has 0 radical (unpaired) electrons. The van der Waals surface area contributed by atoms with Crippen molar-refractivity contribution in [3.05, 3.63) is 166 Å². The molecule has 26 heteroatoms. The number of nitrogens with one attached hydrogen (secondary N) is 5. The predicted octanol–water partition coefficient (Wildman–Crippen LogP) is 8.17. The molecule has 5 aliphatic heterocycles. The van der Waals surface area contributed by atoms with Gasteiger partial charge in [-0.15, -0.1) is 0 Å². The minimum Gasteiger partial charge on any atom is -0.497 e. The first kappa shape index (κ1) is 73.6. The van der Waals surface area contributed by atoms with E-state index in [1.165, 1.54) is 33.3 Å². The summed E-state index contributed by atoms with van der Waals surface area (Å²) in [5.41, 5.74) is 7.26. The Hall–Kier alpha value is -11.1. The zero-order chi connectivity index (χ0) is 73.9. The molecule has 5 heterocycles. The summed E-state index contributed by atoms with van der Waals surface area (Å²) in [7, 11) is 4.58. The van der Waals surface area contributed by atoms with Gasteiger partial charge in [0.1, 0.15) is 31.0 Å². The lowest BCUT2D eigenvalue weighted by Crippen LogP contribution is -2.54. The molecule has 6 aromatic carbocycles. The first-order chi connectivity index (χ1) is 50.8. The quantitative estimate of drug-likeness (QED) is 0.0190. The van der Waals surface area contributed by atoms with Crippen molar-refractivity contribution < 1.29 is 81.4 Å². The van der Waals surface area contributed by atoms with Crippen LogP contribution in [0.2, 0.25) is 0 Å². The second-order valence-corrected chi connectivity index (χ2v) is 27.1. The molecule has 105 heavy (non-hydrogen) atoms. The monoisotopic (exact) mass is 1430 g/mol. The van der Waals surface area contributed by atoms with Gasteiger partial charge >= 0.3 is 6.09 Å². The van der Waals surface area contributed by atoms with E-state index < -0.39 is 48.2 Å². The summed E-state index contributed by atoms with van der Waals surface area (Å²) in [6, 6.07) is 33.0. The maximum absolute atomic E-state index is 14.5. The SMILES string of the molecule is COc1ccc(C2=CN3C(=O)c4cc(OC)c(OCCCOc5cc6c(cc5OC)C(=O)N5CC7(CC7)C[C@H]5C(O)N6C(=O)OCc5ccc(NC(=O)[C@H](C)NC(=O)[C@@H](NC(=O)COCCOCCNC(=O)CCC(=O)N6Cc7ccccc7C#Cc7ccccc76)C(C)C)cc5)cc4NC[C@@H]3C2)cc1. The Balaban J connectivity index is 0.579. The number of carbonyl (C=O) groups excluding carboxylic acids is 8. The fraction of sp³-hybridized carbons (Fsp3) is 0.392. The summed E-state index contributed by atoms with van der Waals surface area (Å²) in [6.07, 6.45) is 2.78. The van der Waals surface area contributed by atoms with Crippen LogP contribution >= 0.6 is 0 Å². The van der Waals surface area contributed by atoms with Crippen LogP contribution in [0.3, 0.4) is 0 Å². The van der Waals surface area contributed by atoms with Crippen LogP contribution in [0.5, 0.6) is 28.7 Å². The Morgan fingerprint density at radius 2 is 1.39 bits per heavy atom. The summed E-state index contributed by atoms with van der Waals surface area (Å²) in [4.78, 5) is 115. The smallest absolute Gasteiger partial charge is 0.416 e. The van der Waals surface area contributed by atoms with Crippen molar-refractivity contribution in [2.24, 2.45) is 11.3 Å². The zero-order valence-corrected chi connectivity index (χ0v) is 59.6. The van der Waals surface area contributed by atoms with Gasteiger partial charge in [0.05, 0.1) is 101 Å². The topological polar surface area (TPSA) is 304 Å². The van der Waals surface area contributed by atoms with Gasteiger partial charge in [0, 0.05) is 74.0 Å². The molecule has 2 fully saturated rings. The van der Waals surface area contributed by atoms with Crippen LogP contribution in [0, 0.1) is 23.2 Å². The number of ether oxygens (including phenoxy) is 8. The van der Waals surface area contributed by atoms with E-state index in [1.54, 1.807) is 72.1 Å². The number of anilines is 4. The number of nitrogens with zero attached hydrogens (tertiary/aromatic N) is 4. The van der Waals surface area contributed by atoms with E-state index in [2.05, 4.69) is 38.4 Å². The van der Waals surface area contributed by atoms with Crippen LogP contribution in [-0.4, -0.2) is 173 Å². The fourth-order valence-electron chi connectivity index (χ4n) is 13.6. The second kappa shape index (κ2) is 33.1. The Morgan fingerprint density at radius 3 is 2.11 bits per heavy atom. The van der Waals surface area contributed by atoms with Crippen molar-refractivity contribution >= 4 is 75.8 Å². The molecule has 1 saturated heterocycles. The summed E-state index contributed by atoms with van der Waals surface area (Å²) in [5.74, 6) is 5.24. The molecule has 6 aromatic rings. The number of methoxy groups -OCH3 is 3. The first-order valence-corrected chi connectivity index (χ1v) is 35.3. The molecule has 550 valence electrons. The minimum absolute atomic E-state index is 0.00377. The largest absolute Gasteiger partial charge is 0.497 e. The lowest BCUT2D eigenvalue weighted by molar-refractivity contribution is -0.133. The predicted molar refractivity (Wildman–Crippen MR) is 389 cm³/mol. The second-order valence-electron chi connectivity index (χ2n) is 27.1. The molecular weight excluding hydrogens is 1350 g/mol. The Morgan fingerprint density at radius 1 is 0.695 bits per heavy atom. The lowest BCUT2D eigenvalue weighted by atomic mass is 10.0. The Labute approximate surface area is 608 Å². The van der Waals surface area contributed by atoms with E-state index in [-0.39, 0.29) is 129 Å². The molecule has 1 spiro atoms. The van der Waals surface area contributed by atoms with E-state index in [1.807, 2.05) is 79.0 Å². The van der Waals surface area contributed by atoms with Crippen molar-refractivity contribution in [1.29, 1.82) is 0 Å². The third-order valence-corrected chi connectivity index (χ3v) is 19.6. The van der Waals surface area contributed by atoms with Gasteiger partial charge in [0.25, 0.3) is 11.8 Å². The van der Waals surface area contributed by atoms with Crippen LogP contribution in [0.4, 0.5) is 27.5 Å². The highest BCUT2D eigenvalue weighted by Crippen LogP contribution is 2.57. The maximum atomic E-state index is 14.5. The lowest BCUT2D eigenvalue weighted by Gasteiger charge is -2.31. The molecule has 1 saturated carbocycles. The van der Waals surface area contributed by atoms with Gasteiger partial charge in [-0.2, -0.15) is 0 Å². The molecule has 6 aliphatic rings. The Kier molecular flexibility index (Phi) is 23.2. The fourth-order valence-corrected chi connectivity index (χ4v) is 13.6. The van der Waals surface area contributed by atoms with Crippen molar-refractivity contribution in [3.8, 4) is 40.6 Å². The van der Waals surface area contributed by atoms with Crippen LogP contribution in [0.15, 0.2) is 128 Å². The van der Waals surface area contributed by atoms with Crippen molar-refractivity contribution in [1.82, 2.24) is 25.8 Å². The zero-order valence-electron chi connectivity index (χ0n) is 59.6. The molecular formula is C79H87N9O17. The molecule has 1 unspecified atom stereocenters. The molecule has 0 aromatic heterocycles. The third kappa shape index (κ3) is 17.2. The van der Waals surface area contributed by atoms with E-state index in [4.69, 9.17) is 37.9 Å². The number of aliphatic hydroxyl groups excluding tert-OH is 1. The molecule has 5 atom stereocenters. The van der Waals surface area contributed by atoms with Gasteiger partial charge in [-0.05, 0) is 121 Å². The van der Waals surface area contributed by atoms with Gasteiger partial charge in [0.15, 0.2) is 29.2 Å². The van der Waals surface area contributed by atoms with Gasteiger partial charge in [-0.25, -0.2) is 9.69 Å². The van der Waals surface area contributed by atoms with Gasteiger partial charge in [-0.3, -0.25) is 33.6 Å². The standard InChI is InChI=1S/C79H87N9O17/c1-48(2)72(84-70(90)46-102-35-34-101-33-30-80-69(89)26-27-71(91)86-43-54-14-8-7-12-51(54)18-19-53-13-9-10-15-62(53)86)74(93)82-49(3)73(92)83-56-22-16-50(17-23-56)45-105-78(97)88-63-40-68(66(100-6)38-60(63)76(95)87-47-79(28-29-79)41-64(87)77(88)96)104-32-11-31-103-67-39-61-59(37-65(67)99-5)75(94)85-44-55(36-57(85)42-81-61)52-20-24-58(98-4)25-21-52/h7-10,12-17,20-25,37-40,44,48-49,57,64,72,77,81,96H,11,26-36,41-43,45-47H2,1-6H3,(H,80,89)(H,82,93)(H,83,92)(H,84,90)/t49-,57-,64-,72-,77?/m0/s1. The van der Waals surface area contributed by atoms with Gasteiger partial charge in [-0.1, -0.05) is 80.3 Å². The summed E-state index contributed by atoms with van der Waals surface area (Å²) >= 11 is 0. The molecule has 8 amide bonds. The average Bonchev–Trinajstić information content (AvgIpc) is 1.57. The van der Waals surface area contributed by atoms with E-state index in [0.29, 0.717) is 78.6 Å². The number of hydrogen-bond donors (Lipinski definition) is 6. The number of rotatable bonds is 29. The van der Waals surface area contributed by atoms with Crippen LogP contribution in [-0.2, 0) is 51.3 Å². The number of hydrogen-bond acceptors (Lipinski definition) is 18. The average molecular weight is 1430 g/mol. The number of amides is 8. The van der Waals surface area contributed by atoms with Gasteiger partial charge < -0.3 is 84.3 Å². The van der Waals surface area contributed by atoms with Crippen molar-refractivity contribution in [2.45, 2.75) is 109 Å². The maximum Gasteiger partial charge on any atom is 0.416 e. The van der Waals surface area contributed by atoms with Gasteiger partial charge in [0.2, 0.25) is 29.5 Å². The normalized spacial score (nSPS) is 17.6. The number of fused-ring (bicyclic) bond motifs is 6. The summed E-state index contributed by atoms with van der Waals surface area (Å²) in [6.45, 7) is 6.43. The highest BCUT2D eigenvalue weighted by molar-refractivity contribution is 6.07. The van der Waals surface area contributed by atoms with Crippen LogP contribution < -0.4 is 60.1 Å². The minimum atomic E-state index is -1.49. The van der Waals surface area contributed by atoms with E-state index in [0.717, 1.165) is 51.3 Å². The third-order valence-electron chi connectivity index (χ3n) is 19.6. The highest BCUT2D eigenvalue weighted by Gasteiger charge is 2.58. The van der Waals surface area contributed by atoms with Crippen LogP contribution in [0.1, 0.15) is 114 Å². The first-order valence-electron chi connectivity index (χ1n) is 35.3. The van der Waals surface area contributed by atoms with Crippen LogP contribution in [0.25, 0.3) is 5.57 Å². The number of para-hydroxylation sites is 1. The number of carbonyl (C=O) groups is 8.